The van der Waals surface area contributed by atoms with E-state index in [0.717, 1.165) is 36.3 Å². The summed E-state index contributed by atoms with van der Waals surface area (Å²) in [5.41, 5.74) is 1.82. The number of ketones is 1. The third kappa shape index (κ3) is 3.51. The molecule has 1 aliphatic heterocycles. The first-order valence-electron chi connectivity index (χ1n) is 7.22. The number of carbonyl (C=O) groups is 1. The van der Waals surface area contributed by atoms with Gasteiger partial charge in [-0.2, -0.15) is 0 Å². The summed E-state index contributed by atoms with van der Waals surface area (Å²) in [6, 6.07) is 3.82. The summed E-state index contributed by atoms with van der Waals surface area (Å²) in [6.45, 7) is 4.13. The SMILES string of the molecule is CCc1cc2c(cc1C(=O)CCN(C)C)OCCCO2. The lowest BCUT2D eigenvalue weighted by atomic mass is 9.98. The normalized spacial score (nSPS) is 14.2. The highest BCUT2D eigenvalue weighted by atomic mass is 16.5. The average molecular weight is 277 g/mol. The molecule has 0 spiro atoms. The van der Waals surface area contributed by atoms with Crippen LogP contribution in [0.1, 0.15) is 35.7 Å². The Balaban J connectivity index is 2.27. The van der Waals surface area contributed by atoms with Gasteiger partial charge >= 0.3 is 0 Å². The maximum absolute atomic E-state index is 12.4. The highest BCUT2D eigenvalue weighted by Crippen LogP contribution is 2.33. The molecule has 110 valence electrons. The van der Waals surface area contributed by atoms with Crippen LogP contribution in [0.5, 0.6) is 11.5 Å². The van der Waals surface area contributed by atoms with Gasteiger partial charge in [-0.3, -0.25) is 4.79 Å². The standard InChI is InChI=1S/C16H23NO3/c1-4-12-10-15-16(20-9-5-8-19-15)11-13(12)14(18)6-7-17(2)3/h10-11H,4-9H2,1-3H3. The number of fused-ring (bicyclic) bond motifs is 1. The predicted molar refractivity (Wildman–Crippen MR) is 78.9 cm³/mol. The van der Waals surface area contributed by atoms with Gasteiger partial charge in [-0.15, -0.1) is 0 Å². The summed E-state index contributed by atoms with van der Waals surface area (Å²) in [6.07, 6.45) is 2.22. The molecule has 2 rings (SSSR count). The number of hydrogen-bond donors (Lipinski definition) is 0. The first kappa shape index (κ1) is 14.9. The fraction of sp³-hybridized carbons (Fsp3) is 0.562. The molecule has 1 aromatic carbocycles. The van der Waals surface area contributed by atoms with Gasteiger partial charge in [0.05, 0.1) is 13.2 Å². The van der Waals surface area contributed by atoms with Crippen molar-refractivity contribution in [3.05, 3.63) is 23.3 Å². The number of rotatable bonds is 5. The predicted octanol–water partition coefficient (Wildman–Crippen LogP) is 2.54. The first-order valence-corrected chi connectivity index (χ1v) is 7.22. The summed E-state index contributed by atoms with van der Waals surface area (Å²) < 4.78 is 11.4. The Kier molecular flexibility index (Phi) is 5.01. The van der Waals surface area contributed by atoms with Crippen molar-refractivity contribution in [3.63, 3.8) is 0 Å². The number of aryl methyl sites for hydroxylation is 1. The second-order valence-electron chi connectivity index (χ2n) is 5.34. The summed E-state index contributed by atoms with van der Waals surface area (Å²) in [5, 5.41) is 0. The molecule has 0 saturated heterocycles. The van der Waals surface area contributed by atoms with Gasteiger partial charge in [0.15, 0.2) is 17.3 Å². The van der Waals surface area contributed by atoms with Crippen LogP contribution in [0, 0.1) is 0 Å². The monoisotopic (exact) mass is 277 g/mol. The molecule has 1 heterocycles. The quantitative estimate of drug-likeness (QED) is 0.775. The number of benzene rings is 1. The Bertz CT molecular complexity index is 483. The van der Waals surface area contributed by atoms with E-state index in [1.165, 1.54) is 0 Å². The minimum absolute atomic E-state index is 0.172. The molecule has 0 atom stereocenters. The van der Waals surface area contributed by atoms with Crippen LogP contribution in [0.25, 0.3) is 0 Å². The Morgan fingerprint density at radius 3 is 2.45 bits per heavy atom. The van der Waals surface area contributed by atoms with E-state index in [0.29, 0.717) is 25.4 Å². The molecule has 0 N–H and O–H groups in total. The van der Waals surface area contributed by atoms with Crippen molar-refractivity contribution in [2.75, 3.05) is 33.9 Å². The maximum Gasteiger partial charge on any atom is 0.164 e. The summed E-state index contributed by atoms with van der Waals surface area (Å²) in [7, 11) is 3.95. The van der Waals surface area contributed by atoms with Gasteiger partial charge in [0, 0.05) is 24.9 Å². The smallest absolute Gasteiger partial charge is 0.164 e. The van der Waals surface area contributed by atoms with Gasteiger partial charge in [0.1, 0.15) is 0 Å². The van der Waals surface area contributed by atoms with Crippen molar-refractivity contribution in [1.82, 2.24) is 4.90 Å². The number of carbonyl (C=O) groups excluding carboxylic acids is 1. The summed E-state index contributed by atoms with van der Waals surface area (Å²) in [5.74, 6) is 1.64. The van der Waals surface area contributed by atoms with E-state index in [-0.39, 0.29) is 5.78 Å². The molecule has 0 saturated carbocycles. The van der Waals surface area contributed by atoms with E-state index in [9.17, 15) is 4.79 Å². The zero-order valence-electron chi connectivity index (χ0n) is 12.6. The van der Waals surface area contributed by atoms with E-state index in [4.69, 9.17) is 9.47 Å². The lowest BCUT2D eigenvalue weighted by Crippen LogP contribution is -2.17. The second kappa shape index (κ2) is 6.75. The lowest BCUT2D eigenvalue weighted by molar-refractivity contribution is 0.0971. The van der Waals surface area contributed by atoms with Gasteiger partial charge in [-0.1, -0.05) is 6.92 Å². The van der Waals surface area contributed by atoms with Crippen LogP contribution in [-0.2, 0) is 6.42 Å². The summed E-state index contributed by atoms with van der Waals surface area (Å²) in [4.78, 5) is 14.4. The van der Waals surface area contributed by atoms with Crippen molar-refractivity contribution in [1.29, 1.82) is 0 Å². The molecule has 0 aliphatic carbocycles. The fourth-order valence-electron chi connectivity index (χ4n) is 2.26. The molecule has 0 fully saturated rings. The highest BCUT2D eigenvalue weighted by molar-refractivity contribution is 5.98. The minimum atomic E-state index is 0.172. The van der Waals surface area contributed by atoms with Gasteiger partial charge in [0.2, 0.25) is 0 Å². The van der Waals surface area contributed by atoms with Crippen LogP contribution in [0.15, 0.2) is 12.1 Å². The first-order chi connectivity index (χ1) is 9.61. The lowest BCUT2D eigenvalue weighted by Gasteiger charge is -2.14. The van der Waals surface area contributed by atoms with E-state index in [1.807, 2.05) is 31.1 Å². The van der Waals surface area contributed by atoms with Gasteiger partial charge in [0.25, 0.3) is 0 Å². The molecule has 0 unspecified atom stereocenters. The van der Waals surface area contributed by atoms with Crippen LogP contribution in [0.3, 0.4) is 0 Å². The maximum atomic E-state index is 12.4. The average Bonchev–Trinajstić information content (AvgIpc) is 2.67. The van der Waals surface area contributed by atoms with E-state index in [1.54, 1.807) is 0 Å². The van der Waals surface area contributed by atoms with Crippen molar-refractivity contribution in [3.8, 4) is 11.5 Å². The molecule has 1 aromatic rings. The van der Waals surface area contributed by atoms with Crippen molar-refractivity contribution < 1.29 is 14.3 Å². The van der Waals surface area contributed by atoms with Gasteiger partial charge < -0.3 is 14.4 Å². The van der Waals surface area contributed by atoms with E-state index < -0.39 is 0 Å². The summed E-state index contributed by atoms with van der Waals surface area (Å²) >= 11 is 0. The fourth-order valence-corrected chi connectivity index (χ4v) is 2.26. The Morgan fingerprint density at radius 2 is 1.85 bits per heavy atom. The number of Topliss-reactive ketones (excluding diaryl/α,β-unsaturated/α-hetero) is 1. The Hall–Kier alpha value is -1.55. The van der Waals surface area contributed by atoms with Gasteiger partial charge in [-0.05, 0) is 38.2 Å². The van der Waals surface area contributed by atoms with Crippen LogP contribution >= 0.6 is 0 Å². The van der Waals surface area contributed by atoms with E-state index >= 15 is 0 Å². The van der Waals surface area contributed by atoms with E-state index in [2.05, 4.69) is 6.92 Å². The van der Waals surface area contributed by atoms with Crippen LogP contribution < -0.4 is 9.47 Å². The Labute approximate surface area is 120 Å². The van der Waals surface area contributed by atoms with Crippen LogP contribution in [-0.4, -0.2) is 44.5 Å². The Morgan fingerprint density at radius 1 is 1.20 bits per heavy atom. The minimum Gasteiger partial charge on any atom is -0.490 e. The third-order valence-electron chi connectivity index (χ3n) is 3.44. The molecular formula is C16H23NO3. The molecular weight excluding hydrogens is 254 g/mol. The zero-order valence-corrected chi connectivity index (χ0v) is 12.6. The number of nitrogens with zero attached hydrogens (tertiary/aromatic N) is 1. The molecule has 4 nitrogen and oxygen atoms in total. The topological polar surface area (TPSA) is 38.8 Å². The van der Waals surface area contributed by atoms with Crippen molar-refractivity contribution in [2.24, 2.45) is 0 Å². The molecule has 0 radical (unpaired) electrons. The molecule has 4 heteroatoms. The largest absolute Gasteiger partial charge is 0.490 e. The number of ether oxygens (including phenoxy) is 2. The van der Waals surface area contributed by atoms with Crippen LogP contribution in [0.4, 0.5) is 0 Å². The van der Waals surface area contributed by atoms with Gasteiger partial charge in [-0.25, -0.2) is 0 Å². The molecule has 1 aliphatic rings. The number of hydrogen-bond acceptors (Lipinski definition) is 4. The molecule has 20 heavy (non-hydrogen) atoms. The van der Waals surface area contributed by atoms with Crippen molar-refractivity contribution >= 4 is 5.78 Å². The molecule has 0 bridgehead atoms. The molecule has 0 amide bonds. The zero-order chi connectivity index (χ0) is 14.5. The molecule has 0 aromatic heterocycles. The highest BCUT2D eigenvalue weighted by Gasteiger charge is 2.18. The second-order valence-corrected chi connectivity index (χ2v) is 5.34. The third-order valence-corrected chi connectivity index (χ3v) is 3.44. The van der Waals surface area contributed by atoms with Crippen LogP contribution in [0.2, 0.25) is 0 Å². The van der Waals surface area contributed by atoms with Crippen molar-refractivity contribution in [2.45, 2.75) is 26.2 Å².